The van der Waals surface area contributed by atoms with Crippen molar-refractivity contribution in [1.82, 2.24) is 10.3 Å². The fourth-order valence-electron chi connectivity index (χ4n) is 1.93. The Morgan fingerprint density at radius 2 is 2.05 bits per heavy atom. The number of carbonyl (C=O) groups is 2. The number of carboxylic acids is 1. The number of aromatic carboxylic acids is 1. The Kier molecular flexibility index (Phi) is 4.02. The molecule has 2 N–H and O–H groups in total. The highest BCUT2D eigenvalue weighted by molar-refractivity contribution is 5.87. The van der Waals surface area contributed by atoms with Crippen molar-refractivity contribution in [3.05, 3.63) is 23.9 Å². The molecule has 1 saturated heterocycles. The highest BCUT2D eigenvalue weighted by Crippen LogP contribution is 2.19. The summed E-state index contributed by atoms with van der Waals surface area (Å²) in [5.74, 6) is -0.302. The number of rotatable bonds is 3. The van der Waals surface area contributed by atoms with Crippen LogP contribution in [0.2, 0.25) is 0 Å². The highest BCUT2D eigenvalue weighted by Gasteiger charge is 2.30. The number of amides is 1. The molecule has 7 nitrogen and oxygen atoms in total. The predicted octanol–water partition coefficient (Wildman–Crippen LogP) is 1.49. The summed E-state index contributed by atoms with van der Waals surface area (Å²) < 4.78 is 5.18. The van der Waals surface area contributed by atoms with E-state index in [4.69, 9.17) is 9.84 Å². The highest BCUT2D eigenvalue weighted by atomic mass is 16.6. The van der Waals surface area contributed by atoms with Crippen molar-refractivity contribution < 1.29 is 19.4 Å². The van der Waals surface area contributed by atoms with Crippen LogP contribution in [0.15, 0.2) is 18.3 Å². The molecule has 2 heterocycles. The lowest BCUT2D eigenvalue weighted by atomic mass is 10.1. The Morgan fingerprint density at radius 3 is 2.52 bits per heavy atom. The smallest absolute Gasteiger partial charge is 0.407 e. The summed E-state index contributed by atoms with van der Waals surface area (Å²) >= 11 is 0. The maximum atomic E-state index is 11.6. The van der Waals surface area contributed by atoms with Gasteiger partial charge in [0, 0.05) is 19.3 Å². The van der Waals surface area contributed by atoms with E-state index in [0.29, 0.717) is 18.9 Å². The van der Waals surface area contributed by atoms with Crippen LogP contribution in [-0.4, -0.2) is 46.9 Å². The topological polar surface area (TPSA) is 91.8 Å². The minimum Gasteiger partial charge on any atom is -0.478 e. The largest absolute Gasteiger partial charge is 0.478 e. The van der Waals surface area contributed by atoms with Gasteiger partial charge in [0.05, 0.1) is 11.6 Å². The molecule has 0 atom stereocenters. The van der Waals surface area contributed by atoms with Gasteiger partial charge in [-0.3, -0.25) is 0 Å². The SMILES string of the molecule is CC(C)(C)OC(=O)NC1CN(c2ccc(C(=O)O)cn2)C1. The third kappa shape index (κ3) is 4.08. The van der Waals surface area contributed by atoms with Gasteiger partial charge in [-0.25, -0.2) is 14.6 Å². The fraction of sp³-hybridized carbons (Fsp3) is 0.500. The minimum absolute atomic E-state index is 0.0146. The first kappa shape index (κ1) is 15.1. The second kappa shape index (κ2) is 5.59. The number of carboxylic acid groups (broad SMARTS) is 1. The number of pyridine rings is 1. The molecule has 1 amide bonds. The molecule has 0 aliphatic carbocycles. The van der Waals surface area contributed by atoms with E-state index in [1.807, 2.05) is 25.7 Å². The molecule has 7 heteroatoms. The summed E-state index contributed by atoms with van der Waals surface area (Å²) in [6.45, 7) is 6.69. The number of anilines is 1. The third-order valence-electron chi connectivity index (χ3n) is 2.92. The van der Waals surface area contributed by atoms with Crippen molar-refractivity contribution in [2.75, 3.05) is 18.0 Å². The van der Waals surface area contributed by atoms with Gasteiger partial charge in [0.2, 0.25) is 0 Å². The zero-order chi connectivity index (χ0) is 15.6. The van der Waals surface area contributed by atoms with E-state index in [9.17, 15) is 9.59 Å². The molecule has 21 heavy (non-hydrogen) atoms. The summed E-state index contributed by atoms with van der Waals surface area (Å²) in [5.41, 5.74) is -0.357. The lowest BCUT2D eigenvalue weighted by Gasteiger charge is -2.40. The van der Waals surface area contributed by atoms with E-state index in [0.717, 1.165) is 0 Å². The van der Waals surface area contributed by atoms with E-state index in [1.165, 1.54) is 12.3 Å². The summed E-state index contributed by atoms with van der Waals surface area (Å²) in [6.07, 6.45) is 0.896. The van der Waals surface area contributed by atoms with Gasteiger partial charge in [-0.2, -0.15) is 0 Å². The Balaban J connectivity index is 1.81. The van der Waals surface area contributed by atoms with Gasteiger partial charge in [-0.1, -0.05) is 0 Å². The van der Waals surface area contributed by atoms with E-state index in [-0.39, 0.29) is 11.6 Å². The van der Waals surface area contributed by atoms with E-state index >= 15 is 0 Å². The Morgan fingerprint density at radius 1 is 1.38 bits per heavy atom. The Hall–Kier alpha value is -2.31. The average Bonchev–Trinajstić information content (AvgIpc) is 2.31. The molecule has 0 spiro atoms. The Labute approximate surface area is 122 Å². The molecular weight excluding hydrogens is 274 g/mol. The number of ether oxygens (including phenoxy) is 1. The molecular formula is C14H19N3O4. The lowest BCUT2D eigenvalue weighted by molar-refractivity contribution is 0.0495. The second-order valence-corrected chi connectivity index (χ2v) is 5.96. The first-order valence-electron chi connectivity index (χ1n) is 6.68. The van der Waals surface area contributed by atoms with Gasteiger partial charge in [0.1, 0.15) is 11.4 Å². The van der Waals surface area contributed by atoms with Crippen molar-refractivity contribution >= 4 is 17.9 Å². The quantitative estimate of drug-likeness (QED) is 0.877. The van der Waals surface area contributed by atoms with Crippen LogP contribution in [0.25, 0.3) is 0 Å². The zero-order valence-corrected chi connectivity index (χ0v) is 12.3. The number of carbonyl (C=O) groups excluding carboxylic acids is 1. The lowest BCUT2D eigenvalue weighted by Crippen LogP contribution is -2.60. The predicted molar refractivity (Wildman–Crippen MR) is 76.6 cm³/mol. The maximum absolute atomic E-state index is 11.6. The molecule has 0 radical (unpaired) electrons. The van der Waals surface area contributed by atoms with E-state index in [2.05, 4.69) is 10.3 Å². The first-order chi connectivity index (χ1) is 9.74. The van der Waals surface area contributed by atoms with Crippen molar-refractivity contribution in [1.29, 1.82) is 0 Å². The molecule has 1 fully saturated rings. The van der Waals surface area contributed by atoms with Gasteiger partial charge < -0.3 is 20.1 Å². The van der Waals surface area contributed by atoms with Crippen LogP contribution in [0.1, 0.15) is 31.1 Å². The molecule has 114 valence electrons. The average molecular weight is 293 g/mol. The summed E-state index contributed by atoms with van der Waals surface area (Å²) in [6, 6.07) is 3.19. The molecule has 1 aromatic rings. The van der Waals surface area contributed by atoms with Crippen LogP contribution in [0.4, 0.5) is 10.6 Å². The molecule has 0 aromatic carbocycles. The van der Waals surface area contributed by atoms with Gasteiger partial charge in [-0.15, -0.1) is 0 Å². The van der Waals surface area contributed by atoms with Gasteiger partial charge in [0.15, 0.2) is 0 Å². The summed E-state index contributed by atoms with van der Waals surface area (Å²) in [4.78, 5) is 28.4. The third-order valence-corrected chi connectivity index (χ3v) is 2.92. The molecule has 0 bridgehead atoms. The standard InChI is InChI=1S/C14H19N3O4/c1-14(2,3)21-13(20)16-10-7-17(8-10)11-5-4-9(6-15-11)12(18)19/h4-6,10H,7-8H2,1-3H3,(H,16,20)(H,18,19). The number of aromatic nitrogens is 1. The van der Waals surface area contributed by atoms with Crippen molar-refractivity contribution in [3.63, 3.8) is 0 Å². The second-order valence-electron chi connectivity index (χ2n) is 5.96. The number of alkyl carbamates (subject to hydrolysis) is 1. The monoisotopic (exact) mass is 293 g/mol. The molecule has 1 aromatic heterocycles. The van der Waals surface area contributed by atoms with Crippen molar-refractivity contribution in [2.45, 2.75) is 32.4 Å². The first-order valence-corrected chi connectivity index (χ1v) is 6.68. The van der Waals surface area contributed by atoms with Gasteiger partial charge in [0.25, 0.3) is 0 Å². The molecule has 0 unspecified atom stereocenters. The van der Waals surface area contributed by atoms with E-state index in [1.54, 1.807) is 6.07 Å². The number of nitrogens with one attached hydrogen (secondary N) is 1. The maximum Gasteiger partial charge on any atom is 0.407 e. The van der Waals surface area contributed by atoms with Crippen LogP contribution in [0.3, 0.4) is 0 Å². The van der Waals surface area contributed by atoms with E-state index < -0.39 is 17.7 Å². The van der Waals surface area contributed by atoms with Gasteiger partial charge in [-0.05, 0) is 32.9 Å². The normalized spacial score (nSPS) is 15.3. The fourth-order valence-corrected chi connectivity index (χ4v) is 1.93. The van der Waals surface area contributed by atoms with Crippen LogP contribution in [0.5, 0.6) is 0 Å². The minimum atomic E-state index is -0.998. The molecule has 1 aliphatic heterocycles. The van der Waals surface area contributed by atoms with Gasteiger partial charge >= 0.3 is 12.1 Å². The number of nitrogens with zero attached hydrogens (tertiary/aromatic N) is 2. The van der Waals surface area contributed by atoms with Crippen LogP contribution in [0, 0.1) is 0 Å². The Bertz CT molecular complexity index is 530. The zero-order valence-electron chi connectivity index (χ0n) is 12.3. The van der Waals surface area contributed by atoms with Crippen LogP contribution < -0.4 is 10.2 Å². The summed E-state index contributed by atoms with van der Waals surface area (Å²) in [5, 5.41) is 11.6. The molecule has 0 saturated carbocycles. The van der Waals surface area contributed by atoms with Crippen LogP contribution in [-0.2, 0) is 4.74 Å². The summed E-state index contributed by atoms with van der Waals surface area (Å²) in [7, 11) is 0. The number of hydrogen-bond acceptors (Lipinski definition) is 5. The van der Waals surface area contributed by atoms with Crippen molar-refractivity contribution in [3.8, 4) is 0 Å². The van der Waals surface area contributed by atoms with Crippen molar-refractivity contribution in [2.24, 2.45) is 0 Å². The molecule has 2 rings (SSSR count). The number of hydrogen-bond donors (Lipinski definition) is 2. The van der Waals surface area contributed by atoms with Crippen LogP contribution >= 0.6 is 0 Å². The molecule has 1 aliphatic rings.